The highest BCUT2D eigenvalue weighted by Gasteiger charge is 2.27. The molecule has 0 spiro atoms. The Hall–Kier alpha value is -3.58. The van der Waals surface area contributed by atoms with Gasteiger partial charge in [0.1, 0.15) is 17.1 Å². The maximum absolute atomic E-state index is 12.5. The number of hydrogen-bond donors (Lipinski definition) is 4. The SMILES string of the molecule is CC(C)(C)OC(=O)N1CCC(Nc2nc(NCc3cn(CCCNCCCNC4CCCCC4)nn3)nc3ncccc23)CC1. The molecular formula is C32H51N11O2. The number of carbonyl (C=O) groups excluding carboxylic acids is 1. The van der Waals surface area contributed by atoms with Crippen molar-refractivity contribution in [1.29, 1.82) is 0 Å². The summed E-state index contributed by atoms with van der Waals surface area (Å²) >= 11 is 0. The van der Waals surface area contributed by atoms with E-state index < -0.39 is 5.60 Å². The predicted molar refractivity (Wildman–Crippen MR) is 176 cm³/mol. The van der Waals surface area contributed by atoms with Crippen LogP contribution in [0.3, 0.4) is 0 Å². The molecule has 45 heavy (non-hydrogen) atoms. The van der Waals surface area contributed by atoms with Crippen LogP contribution in [-0.4, -0.2) is 91.3 Å². The number of likely N-dealkylation sites (tertiary alicyclic amines) is 1. The maximum atomic E-state index is 12.5. The largest absolute Gasteiger partial charge is 0.444 e. The zero-order valence-corrected chi connectivity index (χ0v) is 27.2. The molecule has 2 aliphatic rings. The van der Waals surface area contributed by atoms with Crippen molar-refractivity contribution in [3.05, 3.63) is 30.2 Å². The van der Waals surface area contributed by atoms with Crippen molar-refractivity contribution in [2.75, 3.05) is 43.4 Å². The number of ether oxygens (including phenoxy) is 1. The minimum Gasteiger partial charge on any atom is -0.444 e. The molecule has 13 nitrogen and oxygen atoms in total. The Morgan fingerprint density at radius 3 is 2.60 bits per heavy atom. The molecule has 3 aromatic rings. The smallest absolute Gasteiger partial charge is 0.410 e. The molecule has 13 heteroatoms. The summed E-state index contributed by atoms with van der Waals surface area (Å²) in [6, 6.07) is 4.76. The van der Waals surface area contributed by atoms with Crippen LogP contribution in [0.5, 0.6) is 0 Å². The third-order valence-electron chi connectivity index (χ3n) is 8.28. The highest BCUT2D eigenvalue weighted by Crippen LogP contribution is 2.24. The summed E-state index contributed by atoms with van der Waals surface area (Å²) < 4.78 is 7.43. The van der Waals surface area contributed by atoms with Crippen molar-refractivity contribution >= 4 is 28.9 Å². The molecule has 1 saturated heterocycles. The van der Waals surface area contributed by atoms with E-state index in [1.165, 1.54) is 32.1 Å². The fraction of sp³-hybridized carbons (Fsp3) is 0.688. The number of amides is 1. The normalized spacial score (nSPS) is 16.6. The van der Waals surface area contributed by atoms with E-state index in [1.54, 1.807) is 11.1 Å². The Balaban J connectivity index is 1.04. The van der Waals surface area contributed by atoms with Crippen LogP contribution in [-0.2, 0) is 17.8 Å². The molecule has 246 valence electrons. The third-order valence-corrected chi connectivity index (χ3v) is 8.28. The molecule has 1 saturated carbocycles. The van der Waals surface area contributed by atoms with Crippen LogP contribution in [0.1, 0.15) is 84.3 Å². The fourth-order valence-electron chi connectivity index (χ4n) is 5.89. The van der Waals surface area contributed by atoms with Gasteiger partial charge >= 0.3 is 6.09 Å². The molecule has 4 N–H and O–H groups in total. The van der Waals surface area contributed by atoms with Crippen molar-refractivity contribution in [3.63, 3.8) is 0 Å². The van der Waals surface area contributed by atoms with Gasteiger partial charge in [-0.05, 0) is 91.1 Å². The number of fused-ring (bicyclic) bond motifs is 1. The number of aryl methyl sites for hydroxylation is 1. The van der Waals surface area contributed by atoms with Gasteiger partial charge in [0.15, 0.2) is 5.65 Å². The molecule has 2 fully saturated rings. The summed E-state index contributed by atoms with van der Waals surface area (Å²) in [6.07, 6.45) is 14.0. The monoisotopic (exact) mass is 621 g/mol. The number of pyridine rings is 1. The maximum Gasteiger partial charge on any atom is 0.410 e. The molecule has 3 aromatic heterocycles. The Kier molecular flexibility index (Phi) is 11.8. The van der Waals surface area contributed by atoms with Crippen LogP contribution in [0, 0.1) is 0 Å². The first-order valence-corrected chi connectivity index (χ1v) is 16.8. The van der Waals surface area contributed by atoms with Crippen molar-refractivity contribution in [1.82, 2.24) is 45.5 Å². The molecule has 1 amide bonds. The molecule has 4 heterocycles. The van der Waals surface area contributed by atoms with Gasteiger partial charge in [0, 0.05) is 37.9 Å². The van der Waals surface area contributed by atoms with E-state index in [9.17, 15) is 4.79 Å². The molecule has 0 unspecified atom stereocenters. The first-order chi connectivity index (χ1) is 21.8. The molecule has 0 bridgehead atoms. The lowest BCUT2D eigenvalue weighted by Crippen LogP contribution is -2.44. The summed E-state index contributed by atoms with van der Waals surface area (Å²) in [6.45, 7) is 11.3. The van der Waals surface area contributed by atoms with Crippen LogP contribution in [0.25, 0.3) is 11.0 Å². The molecule has 0 radical (unpaired) electrons. The van der Waals surface area contributed by atoms with Crippen LogP contribution < -0.4 is 21.3 Å². The Morgan fingerprint density at radius 1 is 1.00 bits per heavy atom. The summed E-state index contributed by atoms with van der Waals surface area (Å²) in [5.74, 6) is 1.21. The number of aromatic nitrogens is 6. The number of nitrogens with zero attached hydrogens (tertiary/aromatic N) is 7. The Bertz CT molecular complexity index is 1340. The van der Waals surface area contributed by atoms with Gasteiger partial charge in [-0.3, -0.25) is 4.68 Å². The van der Waals surface area contributed by atoms with Gasteiger partial charge in [0.2, 0.25) is 5.95 Å². The molecule has 1 aliphatic carbocycles. The number of nitrogens with one attached hydrogen (secondary N) is 4. The minimum absolute atomic E-state index is 0.169. The van der Waals surface area contributed by atoms with E-state index in [-0.39, 0.29) is 12.1 Å². The molecule has 0 atom stereocenters. The van der Waals surface area contributed by atoms with Crippen LogP contribution in [0.15, 0.2) is 24.5 Å². The number of anilines is 2. The second-order valence-electron chi connectivity index (χ2n) is 13.2. The van der Waals surface area contributed by atoms with E-state index in [1.807, 2.05) is 43.8 Å². The predicted octanol–water partition coefficient (Wildman–Crippen LogP) is 4.33. The van der Waals surface area contributed by atoms with Gasteiger partial charge in [-0.1, -0.05) is 24.5 Å². The lowest BCUT2D eigenvalue weighted by molar-refractivity contribution is 0.0210. The van der Waals surface area contributed by atoms with Crippen LogP contribution in [0.2, 0.25) is 0 Å². The average molecular weight is 622 g/mol. The van der Waals surface area contributed by atoms with Gasteiger partial charge in [0.05, 0.1) is 18.1 Å². The first-order valence-electron chi connectivity index (χ1n) is 16.8. The fourth-order valence-corrected chi connectivity index (χ4v) is 5.89. The van der Waals surface area contributed by atoms with Crippen LogP contribution in [0.4, 0.5) is 16.6 Å². The van der Waals surface area contributed by atoms with Gasteiger partial charge in [-0.15, -0.1) is 5.10 Å². The average Bonchev–Trinajstić information content (AvgIpc) is 3.49. The number of rotatable bonds is 14. The highest BCUT2D eigenvalue weighted by atomic mass is 16.6. The Labute approximate surface area is 266 Å². The van der Waals surface area contributed by atoms with Gasteiger partial charge in [0.25, 0.3) is 0 Å². The minimum atomic E-state index is -0.501. The Morgan fingerprint density at radius 2 is 1.80 bits per heavy atom. The number of carbonyl (C=O) groups is 1. The lowest BCUT2D eigenvalue weighted by atomic mass is 9.95. The lowest BCUT2D eigenvalue weighted by Gasteiger charge is -2.34. The summed E-state index contributed by atoms with van der Waals surface area (Å²) in [7, 11) is 0. The van der Waals surface area contributed by atoms with Gasteiger partial charge in [-0.2, -0.15) is 9.97 Å². The molecular weight excluding hydrogens is 570 g/mol. The summed E-state index contributed by atoms with van der Waals surface area (Å²) in [5, 5.41) is 23.6. The van der Waals surface area contributed by atoms with E-state index in [2.05, 4.69) is 41.5 Å². The topological polar surface area (TPSA) is 147 Å². The summed E-state index contributed by atoms with van der Waals surface area (Å²) in [4.78, 5) is 28.1. The van der Waals surface area contributed by atoms with Gasteiger partial charge in [-0.25, -0.2) is 9.78 Å². The molecule has 5 rings (SSSR count). The number of hydrogen-bond acceptors (Lipinski definition) is 11. The van der Waals surface area contributed by atoms with E-state index >= 15 is 0 Å². The second-order valence-corrected chi connectivity index (χ2v) is 13.2. The van der Waals surface area contributed by atoms with Gasteiger partial charge < -0.3 is 30.9 Å². The second kappa shape index (κ2) is 16.1. The first kappa shape index (κ1) is 32.8. The zero-order chi connectivity index (χ0) is 31.5. The van der Waals surface area contributed by atoms with E-state index in [0.717, 1.165) is 74.8 Å². The zero-order valence-electron chi connectivity index (χ0n) is 27.2. The van der Waals surface area contributed by atoms with Crippen molar-refractivity contribution in [3.8, 4) is 0 Å². The summed E-state index contributed by atoms with van der Waals surface area (Å²) in [5.41, 5.74) is 0.939. The van der Waals surface area contributed by atoms with Crippen molar-refractivity contribution in [2.45, 2.75) is 109 Å². The van der Waals surface area contributed by atoms with Crippen LogP contribution >= 0.6 is 0 Å². The molecule has 0 aromatic carbocycles. The highest BCUT2D eigenvalue weighted by molar-refractivity contribution is 5.87. The van der Waals surface area contributed by atoms with E-state index in [0.29, 0.717) is 31.2 Å². The molecule has 1 aliphatic heterocycles. The van der Waals surface area contributed by atoms with E-state index in [4.69, 9.17) is 9.72 Å². The van der Waals surface area contributed by atoms with Crippen molar-refractivity contribution in [2.24, 2.45) is 0 Å². The van der Waals surface area contributed by atoms with Crippen molar-refractivity contribution < 1.29 is 9.53 Å². The quantitative estimate of drug-likeness (QED) is 0.191. The number of piperidine rings is 1. The third kappa shape index (κ3) is 10.5. The standard InChI is InChI=1S/C32H51N11O2/c1-32(2,3)45-31(44)42-20-13-25(14-21-42)37-29-27-12-7-17-35-28(27)38-30(39-29)36-22-26-23-43(41-40-26)19-9-16-33-15-8-18-34-24-10-5-4-6-11-24/h7,12,17,23-25,33-34H,4-6,8-11,13-16,18-22H2,1-3H3,(H2,35,36,37,38,39).